The fraction of sp³-hybridized carbons (Fsp3) is 0.231. The van der Waals surface area contributed by atoms with Gasteiger partial charge in [0.2, 0.25) is 5.76 Å². The monoisotopic (exact) mass is 246 g/mol. The van der Waals surface area contributed by atoms with Crippen LogP contribution in [0.4, 0.5) is 0 Å². The average molecular weight is 246 g/mol. The molecular formula is C13H14N2O3. The van der Waals surface area contributed by atoms with Gasteiger partial charge in [-0.2, -0.15) is 0 Å². The highest BCUT2D eigenvalue weighted by Crippen LogP contribution is 2.07. The van der Waals surface area contributed by atoms with E-state index in [1.54, 1.807) is 6.07 Å². The molecule has 94 valence electrons. The summed E-state index contributed by atoms with van der Waals surface area (Å²) >= 11 is 0. The number of hydrogen-bond acceptors (Lipinski definition) is 4. The van der Waals surface area contributed by atoms with Crippen LogP contribution in [0.1, 0.15) is 27.7 Å². The van der Waals surface area contributed by atoms with Crippen LogP contribution in [0, 0.1) is 6.92 Å². The number of carbonyl (C=O) groups is 1. The summed E-state index contributed by atoms with van der Waals surface area (Å²) in [5, 5.41) is 11.9. The highest BCUT2D eigenvalue weighted by molar-refractivity contribution is 5.84. The molecule has 0 unspecified atom stereocenters. The maximum Gasteiger partial charge on any atom is 0.371 e. The van der Waals surface area contributed by atoms with Crippen LogP contribution in [0.3, 0.4) is 0 Å². The van der Waals surface area contributed by atoms with Gasteiger partial charge in [-0.1, -0.05) is 6.07 Å². The zero-order valence-electron chi connectivity index (χ0n) is 10.0. The molecule has 5 heteroatoms. The van der Waals surface area contributed by atoms with Crippen LogP contribution in [0.2, 0.25) is 0 Å². The van der Waals surface area contributed by atoms with E-state index in [4.69, 9.17) is 9.52 Å². The minimum Gasteiger partial charge on any atom is -0.475 e. The topological polar surface area (TPSA) is 75.4 Å². The van der Waals surface area contributed by atoms with Crippen molar-refractivity contribution in [3.63, 3.8) is 0 Å². The smallest absolute Gasteiger partial charge is 0.371 e. The van der Waals surface area contributed by atoms with Gasteiger partial charge in [0.25, 0.3) is 0 Å². The third kappa shape index (κ3) is 3.18. The molecule has 2 rings (SSSR count). The number of aromatic carboxylic acids is 1. The van der Waals surface area contributed by atoms with Gasteiger partial charge in [-0.3, -0.25) is 4.98 Å². The minimum atomic E-state index is -1.05. The lowest BCUT2D eigenvalue weighted by Gasteiger charge is -2.03. The Morgan fingerprint density at radius 3 is 2.83 bits per heavy atom. The second-order valence-electron chi connectivity index (χ2n) is 3.94. The van der Waals surface area contributed by atoms with Crippen LogP contribution >= 0.6 is 0 Å². The molecule has 0 fully saturated rings. The van der Waals surface area contributed by atoms with Crippen molar-refractivity contribution in [1.29, 1.82) is 0 Å². The van der Waals surface area contributed by atoms with Crippen molar-refractivity contribution in [3.8, 4) is 0 Å². The third-order valence-corrected chi connectivity index (χ3v) is 2.42. The Hall–Kier alpha value is -2.14. The van der Waals surface area contributed by atoms with E-state index in [1.165, 1.54) is 6.07 Å². The van der Waals surface area contributed by atoms with Gasteiger partial charge in [-0.25, -0.2) is 4.79 Å². The van der Waals surface area contributed by atoms with Crippen molar-refractivity contribution in [1.82, 2.24) is 10.3 Å². The minimum absolute atomic E-state index is 0.0412. The summed E-state index contributed by atoms with van der Waals surface area (Å²) in [4.78, 5) is 15.0. The molecule has 2 N–H and O–H groups in total. The summed E-state index contributed by atoms with van der Waals surface area (Å²) < 4.78 is 5.12. The lowest BCUT2D eigenvalue weighted by Crippen LogP contribution is -2.13. The lowest BCUT2D eigenvalue weighted by molar-refractivity contribution is 0.0660. The number of nitrogens with one attached hydrogen (secondary N) is 1. The normalized spacial score (nSPS) is 10.5. The Labute approximate surface area is 104 Å². The fourth-order valence-corrected chi connectivity index (χ4v) is 1.60. The first-order valence-electron chi connectivity index (χ1n) is 5.60. The van der Waals surface area contributed by atoms with Gasteiger partial charge in [-0.15, -0.1) is 0 Å². The van der Waals surface area contributed by atoms with Gasteiger partial charge in [0, 0.05) is 12.2 Å². The van der Waals surface area contributed by atoms with Crippen LogP contribution in [0.25, 0.3) is 0 Å². The summed E-state index contributed by atoms with van der Waals surface area (Å²) in [5.74, 6) is -0.498. The lowest BCUT2D eigenvalue weighted by atomic mass is 10.3. The standard InChI is InChI=1S/C13H14N2O3/c1-9-3-2-4-10(15-9)7-14-8-11-5-6-12(18-11)13(16)17/h2-6,14H,7-8H2,1H3,(H,16,17). The summed E-state index contributed by atoms with van der Waals surface area (Å²) in [7, 11) is 0. The zero-order valence-corrected chi connectivity index (χ0v) is 10.0. The van der Waals surface area contributed by atoms with Crippen LogP contribution in [-0.2, 0) is 13.1 Å². The van der Waals surface area contributed by atoms with E-state index in [0.717, 1.165) is 11.4 Å². The number of aryl methyl sites for hydroxylation is 1. The number of hydrogen-bond donors (Lipinski definition) is 2. The fourth-order valence-electron chi connectivity index (χ4n) is 1.60. The Kier molecular flexibility index (Phi) is 3.74. The zero-order chi connectivity index (χ0) is 13.0. The highest BCUT2D eigenvalue weighted by atomic mass is 16.4. The van der Waals surface area contributed by atoms with E-state index in [1.807, 2.05) is 25.1 Å². The second-order valence-corrected chi connectivity index (χ2v) is 3.94. The third-order valence-electron chi connectivity index (χ3n) is 2.42. The predicted octanol–water partition coefficient (Wildman–Crippen LogP) is 1.97. The molecule has 0 atom stereocenters. The molecule has 0 aliphatic rings. The Balaban J connectivity index is 1.86. The van der Waals surface area contributed by atoms with E-state index in [9.17, 15) is 4.79 Å². The average Bonchev–Trinajstić information content (AvgIpc) is 2.78. The molecule has 0 spiro atoms. The van der Waals surface area contributed by atoms with Crippen LogP contribution < -0.4 is 5.32 Å². The first-order chi connectivity index (χ1) is 8.65. The number of carboxylic acid groups (broad SMARTS) is 1. The number of carboxylic acids is 1. The molecule has 0 bridgehead atoms. The van der Waals surface area contributed by atoms with Crippen molar-refractivity contribution in [2.75, 3.05) is 0 Å². The van der Waals surface area contributed by atoms with E-state index >= 15 is 0 Å². The molecule has 0 radical (unpaired) electrons. The molecule has 0 aromatic carbocycles. The SMILES string of the molecule is Cc1cccc(CNCc2ccc(C(=O)O)o2)n1. The molecule has 0 saturated heterocycles. The quantitative estimate of drug-likeness (QED) is 0.843. The number of furan rings is 1. The van der Waals surface area contributed by atoms with Crippen molar-refractivity contribution in [2.45, 2.75) is 20.0 Å². The van der Waals surface area contributed by atoms with Crippen LogP contribution in [0.5, 0.6) is 0 Å². The number of rotatable bonds is 5. The number of pyridine rings is 1. The number of aromatic nitrogens is 1. The predicted molar refractivity (Wildman–Crippen MR) is 65.2 cm³/mol. The molecule has 0 aliphatic carbocycles. The molecule has 2 heterocycles. The molecule has 0 aliphatic heterocycles. The first kappa shape index (κ1) is 12.3. The second kappa shape index (κ2) is 5.46. The Morgan fingerprint density at radius 1 is 1.33 bits per heavy atom. The van der Waals surface area contributed by atoms with Gasteiger partial charge in [0.1, 0.15) is 5.76 Å². The Morgan fingerprint density at radius 2 is 2.17 bits per heavy atom. The molecule has 2 aromatic rings. The molecule has 2 aromatic heterocycles. The number of nitrogens with zero attached hydrogens (tertiary/aromatic N) is 1. The van der Waals surface area contributed by atoms with Gasteiger partial charge in [-0.05, 0) is 31.2 Å². The largest absolute Gasteiger partial charge is 0.475 e. The summed E-state index contributed by atoms with van der Waals surface area (Å²) in [6.07, 6.45) is 0. The first-order valence-corrected chi connectivity index (χ1v) is 5.60. The maximum atomic E-state index is 10.6. The molecule has 18 heavy (non-hydrogen) atoms. The van der Waals surface area contributed by atoms with E-state index in [0.29, 0.717) is 18.8 Å². The van der Waals surface area contributed by atoms with Gasteiger partial charge >= 0.3 is 5.97 Å². The van der Waals surface area contributed by atoms with E-state index in [2.05, 4.69) is 10.3 Å². The molecule has 0 saturated carbocycles. The van der Waals surface area contributed by atoms with Gasteiger partial charge in [0.05, 0.1) is 12.2 Å². The van der Waals surface area contributed by atoms with E-state index < -0.39 is 5.97 Å². The van der Waals surface area contributed by atoms with Crippen molar-refractivity contribution in [3.05, 3.63) is 53.2 Å². The molecular weight excluding hydrogens is 232 g/mol. The van der Waals surface area contributed by atoms with Crippen molar-refractivity contribution < 1.29 is 14.3 Å². The summed E-state index contributed by atoms with van der Waals surface area (Å²) in [6, 6.07) is 8.93. The molecule has 0 amide bonds. The van der Waals surface area contributed by atoms with Crippen LogP contribution in [-0.4, -0.2) is 16.1 Å². The maximum absolute atomic E-state index is 10.6. The van der Waals surface area contributed by atoms with Crippen LogP contribution in [0.15, 0.2) is 34.7 Å². The summed E-state index contributed by atoms with van der Waals surface area (Å²) in [5.41, 5.74) is 1.92. The van der Waals surface area contributed by atoms with Crippen molar-refractivity contribution in [2.24, 2.45) is 0 Å². The van der Waals surface area contributed by atoms with E-state index in [-0.39, 0.29) is 5.76 Å². The molecule has 5 nitrogen and oxygen atoms in total. The van der Waals surface area contributed by atoms with Gasteiger partial charge in [0.15, 0.2) is 0 Å². The highest BCUT2D eigenvalue weighted by Gasteiger charge is 2.08. The van der Waals surface area contributed by atoms with Gasteiger partial charge < -0.3 is 14.8 Å². The Bertz CT molecular complexity index is 549. The van der Waals surface area contributed by atoms with Crippen molar-refractivity contribution >= 4 is 5.97 Å². The summed E-state index contributed by atoms with van der Waals surface area (Å²) in [6.45, 7) is 3.03.